The molecule has 0 aliphatic heterocycles. The smallest absolute Gasteiger partial charge is 0.420 e. The average Bonchev–Trinajstić information content (AvgIpc) is 2.35. The normalized spacial score (nSPS) is 11.3. The van der Waals surface area contributed by atoms with E-state index >= 15 is 0 Å². The van der Waals surface area contributed by atoms with Crippen LogP contribution in [0.25, 0.3) is 0 Å². The lowest BCUT2D eigenvalue weighted by Gasteiger charge is -2.17. The number of halogens is 3. The Hall–Kier alpha value is -1.76. The van der Waals surface area contributed by atoms with Gasteiger partial charge in [-0.25, -0.2) is 0 Å². The van der Waals surface area contributed by atoms with Crippen molar-refractivity contribution in [2.45, 2.75) is 6.18 Å². The molecule has 0 aliphatic carbocycles. The van der Waals surface area contributed by atoms with Gasteiger partial charge in [0.05, 0.1) is 26.3 Å². The van der Waals surface area contributed by atoms with Gasteiger partial charge in [-0.3, -0.25) is 4.79 Å². The first kappa shape index (κ1) is 15.3. The summed E-state index contributed by atoms with van der Waals surface area (Å²) in [6.07, 6.45) is -4.58. The van der Waals surface area contributed by atoms with Crippen LogP contribution in [0.4, 0.5) is 13.2 Å². The predicted molar refractivity (Wildman–Crippen MR) is 62.8 cm³/mol. The Morgan fingerprint density at radius 2 is 1.79 bits per heavy atom. The molecule has 0 bridgehead atoms. The first-order chi connectivity index (χ1) is 8.86. The van der Waals surface area contributed by atoms with Gasteiger partial charge in [-0.05, 0) is 19.2 Å². The zero-order valence-electron chi connectivity index (χ0n) is 10.7. The summed E-state index contributed by atoms with van der Waals surface area (Å²) in [6, 6.07) is 1.90. The van der Waals surface area contributed by atoms with Gasteiger partial charge in [-0.2, -0.15) is 13.2 Å². The highest BCUT2D eigenvalue weighted by atomic mass is 19.4. The number of methoxy groups -OCH3 is 2. The van der Waals surface area contributed by atoms with Crippen molar-refractivity contribution in [1.82, 2.24) is 5.32 Å². The summed E-state index contributed by atoms with van der Waals surface area (Å²) in [5, 5.41) is 2.63. The number of likely N-dealkylation sites (N-methyl/N-ethyl adjacent to an activating group) is 1. The van der Waals surface area contributed by atoms with Crippen LogP contribution < -0.4 is 14.8 Å². The molecular formula is C12H14F3NO3. The molecule has 0 radical (unpaired) electrons. The summed E-state index contributed by atoms with van der Waals surface area (Å²) in [5.74, 6) is -1.08. The fraction of sp³-hybridized carbons (Fsp3) is 0.417. The molecule has 0 aromatic heterocycles. The van der Waals surface area contributed by atoms with Gasteiger partial charge in [-0.1, -0.05) is 0 Å². The molecule has 0 saturated heterocycles. The van der Waals surface area contributed by atoms with E-state index in [0.29, 0.717) is 0 Å². The van der Waals surface area contributed by atoms with Crippen LogP contribution in [-0.4, -0.2) is 33.6 Å². The maximum Gasteiger partial charge on any atom is 0.420 e. The third-order valence-electron chi connectivity index (χ3n) is 2.46. The summed E-state index contributed by atoms with van der Waals surface area (Å²) in [4.78, 5) is 11.8. The summed E-state index contributed by atoms with van der Waals surface area (Å²) >= 11 is 0. The number of alkyl halides is 3. The molecule has 0 saturated carbocycles. The monoisotopic (exact) mass is 277 g/mol. The number of hydrogen-bond donors (Lipinski definition) is 1. The van der Waals surface area contributed by atoms with Crippen molar-refractivity contribution >= 4 is 5.78 Å². The number of Topliss-reactive ketones (excluding diaryl/α,β-unsaturated/α-hetero) is 1. The van der Waals surface area contributed by atoms with E-state index in [1.807, 2.05) is 0 Å². The van der Waals surface area contributed by atoms with Crippen LogP contribution in [0, 0.1) is 0 Å². The fourth-order valence-electron chi connectivity index (χ4n) is 1.67. The first-order valence-corrected chi connectivity index (χ1v) is 5.36. The molecule has 0 heterocycles. The molecule has 0 aliphatic rings. The third-order valence-corrected chi connectivity index (χ3v) is 2.46. The molecule has 0 fully saturated rings. The maximum absolute atomic E-state index is 12.8. The lowest BCUT2D eigenvalue weighted by molar-refractivity contribution is -0.138. The summed E-state index contributed by atoms with van der Waals surface area (Å²) in [6.45, 7) is -0.00905. The van der Waals surface area contributed by atoms with Crippen LogP contribution in [0.1, 0.15) is 15.9 Å². The molecule has 19 heavy (non-hydrogen) atoms. The fourth-order valence-corrected chi connectivity index (χ4v) is 1.67. The molecule has 0 spiro atoms. The van der Waals surface area contributed by atoms with E-state index in [1.165, 1.54) is 7.11 Å². The SMILES string of the molecule is CNCC(=O)c1ccc(C(F)(F)F)c(OC)c1OC. The quantitative estimate of drug-likeness (QED) is 0.838. The Bertz CT molecular complexity index is 472. The van der Waals surface area contributed by atoms with Crippen molar-refractivity contribution in [2.75, 3.05) is 27.8 Å². The number of ether oxygens (including phenoxy) is 2. The van der Waals surface area contributed by atoms with Gasteiger partial charge < -0.3 is 14.8 Å². The lowest BCUT2D eigenvalue weighted by Crippen LogP contribution is -2.20. The van der Waals surface area contributed by atoms with Crippen LogP contribution in [0.3, 0.4) is 0 Å². The van der Waals surface area contributed by atoms with E-state index < -0.39 is 17.5 Å². The van der Waals surface area contributed by atoms with Crippen LogP contribution in [0.15, 0.2) is 12.1 Å². The summed E-state index contributed by atoms with van der Waals surface area (Å²) in [7, 11) is 3.85. The number of rotatable bonds is 5. The average molecular weight is 277 g/mol. The second kappa shape index (κ2) is 5.92. The van der Waals surface area contributed by atoms with E-state index in [1.54, 1.807) is 7.05 Å². The van der Waals surface area contributed by atoms with Gasteiger partial charge in [-0.15, -0.1) is 0 Å². The van der Waals surface area contributed by atoms with Gasteiger partial charge in [0, 0.05) is 0 Å². The van der Waals surface area contributed by atoms with Crippen LogP contribution in [0.2, 0.25) is 0 Å². The standard InChI is InChI=1S/C12H14F3NO3/c1-16-6-9(17)7-4-5-8(12(13,14)15)11(19-3)10(7)18-2/h4-5,16H,6H2,1-3H3. The van der Waals surface area contributed by atoms with E-state index in [9.17, 15) is 18.0 Å². The molecule has 4 nitrogen and oxygen atoms in total. The minimum Gasteiger partial charge on any atom is -0.492 e. The summed E-state index contributed by atoms with van der Waals surface area (Å²) < 4.78 is 48.0. The van der Waals surface area contributed by atoms with Crippen LogP contribution >= 0.6 is 0 Å². The summed E-state index contributed by atoms with van der Waals surface area (Å²) in [5.41, 5.74) is -0.936. The van der Waals surface area contributed by atoms with Crippen molar-refractivity contribution in [3.63, 3.8) is 0 Å². The zero-order valence-corrected chi connectivity index (χ0v) is 10.7. The van der Waals surface area contributed by atoms with Gasteiger partial charge >= 0.3 is 6.18 Å². The zero-order chi connectivity index (χ0) is 14.6. The minimum absolute atomic E-state index is 0.00905. The number of hydrogen-bond acceptors (Lipinski definition) is 4. The van der Waals surface area contributed by atoms with E-state index in [-0.39, 0.29) is 23.6 Å². The minimum atomic E-state index is -4.58. The largest absolute Gasteiger partial charge is 0.492 e. The van der Waals surface area contributed by atoms with E-state index in [0.717, 1.165) is 19.2 Å². The van der Waals surface area contributed by atoms with E-state index in [4.69, 9.17) is 9.47 Å². The maximum atomic E-state index is 12.8. The van der Waals surface area contributed by atoms with Gasteiger partial charge in [0.25, 0.3) is 0 Å². The lowest BCUT2D eigenvalue weighted by atomic mass is 10.0. The second-order valence-electron chi connectivity index (χ2n) is 3.68. The van der Waals surface area contributed by atoms with E-state index in [2.05, 4.69) is 5.32 Å². The van der Waals surface area contributed by atoms with Gasteiger partial charge in [0.1, 0.15) is 5.56 Å². The Morgan fingerprint density at radius 3 is 2.21 bits per heavy atom. The van der Waals surface area contributed by atoms with Crippen molar-refractivity contribution in [1.29, 1.82) is 0 Å². The third kappa shape index (κ3) is 3.17. The highest BCUT2D eigenvalue weighted by Gasteiger charge is 2.37. The molecule has 1 rings (SSSR count). The number of benzene rings is 1. The topological polar surface area (TPSA) is 47.6 Å². The Labute approximate surface area is 108 Å². The van der Waals surface area contributed by atoms with Gasteiger partial charge in [0.15, 0.2) is 17.3 Å². The molecule has 7 heteroatoms. The van der Waals surface area contributed by atoms with Crippen molar-refractivity contribution in [3.8, 4) is 11.5 Å². The number of carbonyl (C=O) groups excluding carboxylic acids is 1. The number of nitrogens with one attached hydrogen (secondary N) is 1. The van der Waals surface area contributed by atoms with Crippen molar-refractivity contribution < 1.29 is 27.4 Å². The molecular weight excluding hydrogens is 263 g/mol. The first-order valence-electron chi connectivity index (χ1n) is 5.36. The van der Waals surface area contributed by atoms with Crippen LogP contribution in [0.5, 0.6) is 11.5 Å². The molecule has 1 N–H and O–H groups in total. The molecule has 1 aromatic rings. The Balaban J connectivity index is 3.43. The second-order valence-corrected chi connectivity index (χ2v) is 3.68. The molecule has 1 aromatic carbocycles. The predicted octanol–water partition coefficient (Wildman–Crippen LogP) is 2.12. The number of ketones is 1. The Morgan fingerprint density at radius 1 is 1.21 bits per heavy atom. The van der Waals surface area contributed by atoms with Gasteiger partial charge in [0.2, 0.25) is 0 Å². The molecule has 106 valence electrons. The Kier molecular flexibility index (Phi) is 4.77. The van der Waals surface area contributed by atoms with Crippen LogP contribution in [-0.2, 0) is 6.18 Å². The number of carbonyl (C=O) groups is 1. The highest BCUT2D eigenvalue weighted by molar-refractivity contribution is 6.01. The molecule has 0 unspecified atom stereocenters. The molecule has 0 amide bonds. The molecule has 0 atom stereocenters. The van der Waals surface area contributed by atoms with Crippen molar-refractivity contribution in [3.05, 3.63) is 23.3 Å². The highest BCUT2D eigenvalue weighted by Crippen LogP contribution is 2.43. The van der Waals surface area contributed by atoms with Crippen molar-refractivity contribution in [2.24, 2.45) is 0 Å².